The highest BCUT2D eigenvalue weighted by Gasteiger charge is 2.22. The van der Waals surface area contributed by atoms with Gasteiger partial charge in [0.15, 0.2) is 0 Å². The number of nitrogens with zero attached hydrogens (tertiary/aromatic N) is 1. The first-order valence-electron chi connectivity index (χ1n) is 9.08. The van der Waals surface area contributed by atoms with E-state index in [-0.39, 0.29) is 11.9 Å². The van der Waals surface area contributed by atoms with E-state index in [0.717, 1.165) is 38.2 Å². The molecule has 1 amide bonds. The molecule has 0 saturated carbocycles. The number of hydrogen-bond donors (Lipinski definition) is 1. The van der Waals surface area contributed by atoms with Crippen LogP contribution in [0, 0.1) is 0 Å². The highest BCUT2D eigenvalue weighted by atomic mass is 35.5. The Morgan fingerprint density at radius 2 is 1.93 bits per heavy atom. The van der Waals surface area contributed by atoms with Crippen LogP contribution in [-0.2, 0) is 6.54 Å². The van der Waals surface area contributed by atoms with Crippen LogP contribution in [0.2, 0.25) is 5.02 Å². The van der Waals surface area contributed by atoms with Gasteiger partial charge >= 0.3 is 0 Å². The maximum Gasteiger partial charge on any atom is 0.255 e. The lowest BCUT2D eigenvalue weighted by atomic mass is 10.0. The van der Waals surface area contributed by atoms with Gasteiger partial charge in [-0.05, 0) is 48.7 Å². The lowest BCUT2D eigenvalue weighted by Crippen LogP contribution is -2.44. The minimum Gasteiger partial charge on any atom is -0.497 e. The van der Waals surface area contributed by atoms with Crippen LogP contribution in [0.15, 0.2) is 42.5 Å². The molecule has 0 unspecified atom stereocenters. The van der Waals surface area contributed by atoms with E-state index < -0.39 is 0 Å². The molecule has 0 atom stereocenters. The van der Waals surface area contributed by atoms with Crippen molar-refractivity contribution in [1.29, 1.82) is 0 Å². The van der Waals surface area contributed by atoms with Crippen LogP contribution >= 0.6 is 11.6 Å². The largest absolute Gasteiger partial charge is 0.497 e. The second-order valence-electron chi connectivity index (χ2n) is 6.72. The molecule has 1 fully saturated rings. The number of piperidine rings is 1. The minimum absolute atomic E-state index is 0.138. The van der Waals surface area contributed by atoms with Crippen molar-refractivity contribution in [3.8, 4) is 11.5 Å². The Hall–Kier alpha value is -2.24. The zero-order valence-electron chi connectivity index (χ0n) is 15.7. The molecule has 5 nitrogen and oxygen atoms in total. The maximum absolute atomic E-state index is 12.6. The van der Waals surface area contributed by atoms with Crippen LogP contribution < -0.4 is 14.8 Å². The molecule has 2 aromatic carbocycles. The summed E-state index contributed by atoms with van der Waals surface area (Å²) >= 11 is 6.03. The first-order valence-corrected chi connectivity index (χ1v) is 9.46. The second-order valence-corrected chi connectivity index (χ2v) is 7.16. The summed E-state index contributed by atoms with van der Waals surface area (Å²) in [6.45, 7) is 2.77. The summed E-state index contributed by atoms with van der Waals surface area (Å²) in [5, 5.41) is 3.64. The van der Waals surface area contributed by atoms with Gasteiger partial charge in [-0.1, -0.05) is 23.7 Å². The molecule has 1 heterocycles. The highest BCUT2D eigenvalue weighted by Crippen LogP contribution is 2.23. The Kier molecular flexibility index (Phi) is 6.58. The molecular formula is C21H25ClN2O3. The van der Waals surface area contributed by atoms with E-state index in [1.54, 1.807) is 32.4 Å². The van der Waals surface area contributed by atoms with Crippen molar-refractivity contribution in [2.75, 3.05) is 27.3 Å². The summed E-state index contributed by atoms with van der Waals surface area (Å²) in [6.07, 6.45) is 1.83. The Bertz CT molecular complexity index is 789. The number of hydrogen-bond acceptors (Lipinski definition) is 4. The molecule has 0 spiro atoms. The average molecular weight is 389 g/mol. The summed E-state index contributed by atoms with van der Waals surface area (Å²) in [5.41, 5.74) is 1.71. The van der Waals surface area contributed by atoms with Crippen LogP contribution in [0.25, 0.3) is 0 Å². The van der Waals surface area contributed by atoms with Crippen molar-refractivity contribution in [1.82, 2.24) is 10.2 Å². The molecule has 1 N–H and O–H groups in total. The number of halogens is 1. The lowest BCUT2D eigenvalue weighted by molar-refractivity contribution is 0.0906. The average Bonchev–Trinajstić information content (AvgIpc) is 2.69. The standard InChI is InChI=1S/C21H25ClN2O3/c1-26-18-5-3-4-15(12-18)14-24-10-8-17(9-11-24)23-21(25)19-13-16(22)6-7-20(19)27-2/h3-7,12-13,17H,8-11,14H2,1-2H3,(H,23,25). The smallest absolute Gasteiger partial charge is 0.255 e. The highest BCUT2D eigenvalue weighted by molar-refractivity contribution is 6.31. The van der Waals surface area contributed by atoms with E-state index in [4.69, 9.17) is 21.1 Å². The van der Waals surface area contributed by atoms with Gasteiger partial charge in [-0.2, -0.15) is 0 Å². The van der Waals surface area contributed by atoms with Gasteiger partial charge < -0.3 is 14.8 Å². The third kappa shape index (κ3) is 5.15. The first kappa shape index (κ1) is 19.5. The van der Waals surface area contributed by atoms with E-state index in [2.05, 4.69) is 22.3 Å². The van der Waals surface area contributed by atoms with Gasteiger partial charge in [0.2, 0.25) is 0 Å². The fraction of sp³-hybridized carbons (Fsp3) is 0.381. The van der Waals surface area contributed by atoms with Crippen LogP contribution in [0.3, 0.4) is 0 Å². The number of nitrogens with one attached hydrogen (secondary N) is 1. The number of amides is 1. The molecule has 1 aliphatic heterocycles. The van der Waals surface area contributed by atoms with E-state index in [1.165, 1.54) is 5.56 Å². The van der Waals surface area contributed by atoms with Crippen molar-refractivity contribution in [2.45, 2.75) is 25.4 Å². The molecule has 144 valence electrons. The molecule has 0 bridgehead atoms. The summed E-state index contributed by atoms with van der Waals surface area (Å²) < 4.78 is 10.6. The van der Waals surface area contributed by atoms with Crippen LogP contribution in [0.1, 0.15) is 28.8 Å². The van der Waals surface area contributed by atoms with Crippen molar-refractivity contribution < 1.29 is 14.3 Å². The fourth-order valence-electron chi connectivity index (χ4n) is 3.39. The molecule has 1 saturated heterocycles. The SMILES string of the molecule is COc1cccc(CN2CCC(NC(=O)c3cc(Cl)ccc3OC)CC2)c1. The Morgan fingerprint density at radius 3 is 2.63 bits per heavy atom. The quantitative estimate of drug-likeness (QED) is 0.818. The molecule has 27 heavy (non-hydrogen) atoms. The van der Waals surface area contributed by atoms with Crippen LogP contribution in [0.5, 0.6) is 11.5 Å². The zero-order chi connectivity index (χ0) is 19.2. The fourth-order valence-corrected chi connectivity index (χ4v) is 3.56. The Morgan fingerprint density at radius 1 is 1.15 bits per heavy atom. The van der Waals surface area contributed by atoms with Crippen molar-refractivity contribution >= 4 is 17.5 Å². The number of rotatable bonds is 6. The van der Waals surface area contributed by atoms with Crippen LogP contribution in [-0.4, -0.2) is 44.2 Å². The molecular weight excluding hydrogens is 364 g/mol. The van der Waals surface area contributed by atoms with E-state index in [0.29, 0.717) is 16.3 Å². The second kappa shape index (κ2) is 9.11. The molecule has 0 aliphatic carbocycles. The predicted molar refractivity (Wildman–Crippen MR) is 107 cm³/mol. The summed E-state index contributed by atoms with van der Waals surface area (Å²) in [7, 11) is 3.24. The Labute approximate surface area is 165 Å². The van der Waals surface area contributed by atoms with Gasteiger partial charge in [-0.3, -0.25) is 9.69 Å². The van der Waals surface area contributed by atoms with Gasteiger partial charge in [0.05, 0.1) is 19.8 Å². The summed E-state index contributed by atoms with van der Waals surface area (Å²) in [5.74, 6) is 1.28. The van der Waals surface area contributed by atoms with Gasteiger partial charge in [-0.25, -0.2) is 0 Å². The molecule has 6 heteroatoms. The topological polar surface area (TPSA) is 50.8 Å². The third-order valence-corrected chi connectivity index (χ3v) is 5.10. The number of carbonyl (C=O) groups is 1. The monoisotopic (exact) mass is 388 g/mol. The van der Waals surface area contributed by atoms with E-state index in [1.807, 2.05) is 12.1 Å². The van der Waals surface area contributed by atoms with Gasteiger partial charge in [-0.15, -0.1) is 0 Å². The lowest BCUT2D eigenvalue weighted by Gasteiger charge is -2.32. The predicted octanol–water partition coefficient (Wildman–Crippen LogP) is 3.75. The van der Waals surface area contributed by atoms with Gasteiger partial charge in [0.1, 0.15) is 11.5 Å². The first-order chi connectivity index (χ1) is 13.1. The van der Waals surface area contributed by atoms with Crippen molar-refractivity contribution in [2.24, 2.45) is 0 Å². The normalized spacial score (nSPS) is 15.4. The number of benzene rings is 2. The van der Waals surface area contributed by atoms with E-state index in [9.17, 15) is 4.79 Å². The maximum atomic E-state index is 12.6. The number of ether oxygens (including phenoxy) is 2. The van der Waals surface area contributed by atoms with Crippen LogP contribution in [0.4, 0.5) is 0 Å². The minimum atomic E-state index is -0.138. The van der Waals surface area contributed by atoms with Gasteiger partial charge in [0, 0.05) is 30.7 Å². The summed E-state index contributed by atoms with van der Waals surface area (Å²) in [6, 6.07) is 13.4. The summed E-state index contributed by atoms with van der Waals surface area (Å²) in [4.78, 5) is 15.0. The zero-order valence-corrected chi connectivity index (χ0v) is 16.5. The molecule has 0 aromatic heterocycles. The van der Waals surface area contributed by atoms with E-state index >= 15 is 0 Å². The number of methoxy groups -OCH3 is 2. The molecule has 0 radical (unpaired) electrons. The van der Waals surface area contributed by atoms with Crippen molar-refractivity contribution in [3.05, 3.63) is 58.6 Å². The number of carbonyl (C=O) groups excluding carboxylic acids is 1. The van der Waals surface area contributed by atoms with Crippen molar-refractivity contribution in [3.63, 3.8) is 0 Å². The molecule has 2 aromatic rings. The Balaban J connectivity index is 1.53. The number of likely N-dealkylation sites (tertiary alicyclic amines) is 1. The molecule has 3 rings (SSSR count). The molecule has 1 aliphatic rings. The third-order valence-electron chi connectivity index (χ3n) is 4.87. The van der Waals surface area contributed by atoms with Gasteiger partial charge in [0.25, 0.3) is 5.91 Å².